The van der Waals surface area contributed by atoms with Crippen molar-refractivity contribution in [2.75, 3.05) is 19.7 Å². The molecule has 3 rings (SSSR count). The highest BCUT2D eigenvalue weighted by atomic mass is 19.1. The standard InChI is InChI=1S/C17H19F2N3O2/c18-13-3-1-2-4-15(13)24-11-12-5-7-22(8-6-12)10-14-17(23)20-9-16(19)21-14/h1-4,9,12H,5-8,10-11H2,(H,20,23). The molecular weight excluding hydrogens is 316 g/mol. The molecule has 2 heterocycles. The highest BCUT2D eigenvalue weighted by Crippen LogP contribution is 2.21. The summed E-state index contributed by atoms with van der Waals surface area (Å²) in [6, 6.07) is 6.36. The third-order valence-corrected chi connectivity index (χ3v) is 4.22. The largest absolute Gasteiger partial charge is 0.490 e. The molecule has 1 aliphatic heterocycles. The summed E-state index contributed by atoms with van der Waals surface area (Å²) >= 11 is 0. The lowest BCUT2D eigenvalue weighted by molar-refractivity contribution is 0.133. The molecule has 1 aromatic heterocycles. The van der Waals surface area contributed by atoms with Gasteiger partial charge in [-0.15, -0.1) is 0 Å². The quantitative estimate of drug-likeness (QED) is 0.911. The fourth-order valence-electron chi connectivity index (χ4n) is 2.82. The van der Waals surface area contributed by atoms with Gasteiger partial charge in [0.1, 0.15) is 5.69 Å². The molecule has 1 saturated heterocycles. The van der Waals surface area contributed by atoms with E-state index in [1.807, 2.05) is 0 Å². The molecule has 1 aromatic carbocycles. The average molecular weight is 335 g/mol. The zero-order valence-corrected chi connectivity index (χ0v) is 13.2. The first-order valence-corrected chi connectivity index (χ1v) is 7.95. The van der Waals surface area contributed by atoms with Gasteiger partial charge in [-0.05, 0) is 44.0 Å². The predicted molar refractivity (Wildman–Crippen MR) is 84.7 cm³/mol. The van der Waals surface area contributed by atoms with Gasteiger partial charge in [-0.3, -0.25) is 9.69 Å². The minimum atomic E-state index is -0.683. The molecule has 1 aliphatic rings. The average Bonchev–Trinajstić information content (AvgIpc) is 2.59. The molecule has 0 radical (unpaired) electrons. The van der Waals surface area contributed by atoms with Crippen LogP contribution in [0.3, 0.4) is 0 Å². The molecule has 0 atom stereocenters. The number of aromatic nitrogens is 2. The van der Waals surface area contributed by atoms with Crippen molar-refractivity contribution in [2.24, 2.45) is 5.92 Å². The Labute approximate surface area is 138 Å². The molecule has 0 bridgehead atoms. The number of piperidine rings is 1. The second-order valence-electron chi connectivity index (χ2n) is 5.96. The van der Waals surface area contributed by atoms with Crippen LogP contribution in [0.1, 0.15) is 18.5 Å². The van der Waals surface area contributed by atoms with Gasteiger partial charge < -0.3 is 9.72 Å². The fourth-order valence-corrected chi connectivity index (χ4v) is 2.82. The van der Waals surface area contributed by atoms with Crippen LogP contribution in [0.2, 0.25) is 0 Å². The second kappa shape index (κ2) is 7.53. The van der Waals surface area contributed by atoms with Gasteiger partial charge >= 0.3 is 0 Å². The van der Waals surface area contributed by atoms with Gasteiger partial charge in [0.2, 0.25) is 5.95 Å². The Morgan fingerprint density at radius 2 is 2.00 bits per heavy atom. The molecule has 1 fully saturated rings. The van der Waals surface area contributed by atoms with Crippen molar-refractivity contribution < 1.29 is 13.5 Å². The molecule has 5 nitrogen and oxygen atoms in total. The summed E-state index contributed by atoms with van der Waals surface area (Å²) in [5.41, 5.74) is -0.169. The SMILES string of the molecule is O=c1[nH]cc(F)nc1CN1CCC(COc2ccccc2F)CC1. The minimum absolute atomic E-state index is 0.191. The highest BCUT2D eigenvalue weighted by molar-refractivity contribution is 5.23. The lowest BCUT2D eigenvalue weighted by Gasteiger charge is -2.31. The molecule has 0 unspecified atom stereocenters. The normalized spacial score (nSPS) is 16.2. The van der Waals surface area contributed by atoms with Gasteiger partial charge in [0.15, 0.2) is 11.6 Å². The van der Waals surface area contributed by atoms with E-state index in [1.54, 1.807) is 18.2 Å². The van der Waals surface area contributed by atoms with Crippen molar-refractivity contribution >= 4 is 0 Å². The van der Waals surface area contributed by atoms with Gasteiger partial charge in [0.05, 0.1) is 12.8 Å². The molecule has 1 N–H and O–H groups in total. The number of rotatable bonds is 5. The summed E-state index contributed by atoms with van der Waals surface area (Å²) in [5, 5.41) is 0. The minimum Gasteiger partial charge on any atom is -0.490 e. The summed E-state index contributed by atoms with van der Waals surface area (Å²) in [5.74, 6) is -0.431. The summed E-state index contributed by atoms with van der Waals surface area (Å²) in [6.07, 6.45) is 2.71. The van der Waals surface area contributed by atoms with Crippen LogP contribution in [-0.4, -0.2) is 34.6 Å². The van der Waals surface area contributed by atoms with E-state index in [0.717, 1.165) is 32.1 Å². The summed E-state index contributed by atoms with van der Waals surface area (Å²) in [4.78, 5) is 19.7. The number of aromatic amines is 1. The zero-order chi connectivity index (χ0) is 16.9. The summed E-state index contributed by atoms with van der Waals surface area (Å²) in [6.45, 7) is 2.33. The third kappa shape index (κ3) is 4.17. The highest BCUT2D eigenvalue weighted by Gasteiger charge is 2.21. The van der Waals surface area contributed by atoms with Crippen LogP contribution in [-0.2, 0) is 6.54 Å². The molecule has 0 spiro atoms. The van der Waals surface area contributed by atoms with E-state index in [2.05, 4.69) is 14.9 Å². The Kier molecular flexibility index (Phi) is 5.20. The van der Waals surface area contributed by atoms with Crippen molar-refractivity contribution in [1.29, 1.82) is 0 Å². The number of para-hydroxylation sites is 1. The van der Waals surface area contributed by atoms with E-state index < -0.39 is 5.95 Å². The smallest absolute Gasteiger partial charge is 0.271 e. The molecule has 0 saturated carbocycles. The lowest BCUT2D eigenvalue weighted by atomic mass is 9.97. The van der Waals surface area contributed by atoms with Crippen LogP contribution in [0, 0.1) is 17.7 Å². The second-order valence-corrected chi connectivity index (χ2v) is 5.96. The molecule has 0 amide bonds. The molecule has 128 valence electrons. The predicted octanol–water partition coefficient (Wildman–Crippen LogP) is 2.34. The van der Waals surface area contributed by atoms with Crippen molar-refractivity contribution in [3.05, 3.63) is 58.3 Å². The Morgan fingerprint density at radius 1 is 1.25 bits per heavy atom. The maximum absolute atomic E-state index is 13.5. The number of ether oxygens (including phenoxy) is 1. The molecule has 2 aromatic rings. The van der Waals surface area contributed by atoms with E-state index in [-0.39, 0.29) is 22.8 Å². The van der Waals surface area contributed by atoms with Crippen LogP contribution in [0.4, 0.5) is 8.78 Å². The first-order chi connectivity index (χ1) is 11.6. The topological polar surface area (TPSA) is 58.2 Å². The number of nitrogens with zero attached hydrogens (tertiary/aromatic N) is 2. The Morgan fingerprint density at radius 3 is 2.75 bits per heavy atom. The zero-order valence-electron chi connectivity index (χ0n) is 13.2. The molecule has 7 heteroatoms. The number of H-pyrrole nitrogens is 1. The lowest BCUT2D eigenvalue weighted by Crippen LogP contribution is -2.37. The van der Waals surface area contributed by atoms with Gasteiger partial charge in [0.25, 0.3) is 5.56 Å². The maximum Gasteiger partial charge on any atom is 0.271 e. The van der Waals surface area contributed by atoms with E-state index >= 15 is 0 Å². The van der Waals surface area contributed by atoms with E-state index in [9.17, 15) is 13.6 Å². The van der Waals surface area contributed by atoms with E-state index in [4.69, 9.17) is 4.74 Å². The van der Waals surface area contributed by atoms with E-state index in [0.29, 0.717) is 19.1 Å². The van der Waals surface area contributed by atoms with Gasteiger partial charge in [0, 0.05) is 6.54 Å². The number of hydrogen-bond acceptors (Lipinski definition) is 4. The first kappa shape index (κ1) is 16.6. The van der Waals surface area contributed by atoms with Crippen molar-refractivity contribution in [1.82, 2.24) is 14.9 Å². The Bertz CT molecular complexity index is 743. The Balaban J connectivity index is 1.48. The van der Waals surface area contributed by atoms with E-state index in [1.165, 1.54) is 6.07 Å². The van der Waals surface area contributed by atoms with Crippen LogP contribution in [0.5, 0.6) is 5.75 Å². The van der Waals surface area contributed by atoms with Crippen LogP contribution in [0.15, 0.2) is 35.3 Å². The van der Waals surface area contributed by atoms with Gasteiger partial charge in [-0.1, -0.05) is 12.1 Å². The van der Waals surface area contributed by atoms with Gasteiger partial charge in [-0.2, -0.15) is 4.39 Å². The van der Waals surface area contributed by atoms with Crippen LogP contribution in [0.25, 0.3) is 0 Å². The number of nitrogens with one attached hydrogen (secondary N) is 1. The van der Waals surface area contributed by atoms with Crippen LogP contribution < -0.4 is 10.3 Å². The Hall–Kier alpha value is -2.28. The molecular formula is C17H19F2N3O2. The number of halogens is 2. The van der Waals surface area contributed by atoms with Crippen LogP contribution >= 0.6 is 0 Å². The summed E-state index contributed by atoms with van der Waals surface area (Å²) < 4.78 is 32.2. The van der Waals surface area contributed by atoms with Gasteiger partial charge in [-0.25, -0.2) is 9.37 Å². The fraction of sp³-hybridized carbons (Fsp3) is 0.412. The van der Waals surface area contributed by atoms with Crippen molar-refractivity contribution in [2.45, 2.75) is 19.4 Å². The number of hydrogen-bond donors (Lipinski definition) is 1. The molecule has 24 heavy (non-hydrogen) atoms. The number of benzene rings is 1. The number of likely N-dealkylation sites (tertiary alicyclic amines) is 1. The maximum atomic E-state index is 13.5. The summed E-state index contributed by atoms with van der Waals surface area (Å²) in [7, 11) is 0. The van der Waals surface area contributed by atoms with Crippen molar-refractivity contribution in [3.63, 3.8) is 0 Å². The first-order valence-electron chi connectivity index (χ1n) is 7.95. The van der Waals surface area contributed by atoms with Crippen molar-refractivity contribution in [3.8, 4) is 5.75 Å². The third-order valence-electron chi connectivity index (χ3n) is 4.22. The monoisotopic (exact) mass is 335 g/mol. The molecule has 0 aliphatic carbocycles.